The van der Waals surface area contributed by atoms with E-state index in [1.807, 2.05) is 13.3 Å². The number of carbonyl (C=O) groups is 2. The van der Waals surface area contributed by atoms with Gasteiger partial charge in [0.05, 0.1) is 17.5 Å². The number of rotatable bonds is 4. The van der Waals surface area contributed by atoms with Gasteiger partial charge in [-0.15, -0.1) is 0 Å². The van der Waals surface area contributed by atoms with Crippen molar-refractivity contribution in [1.82, 2.24) is 29.5 Å². The third-order valence-electron chi connectivity index (χ3n) is 8.03. The molecule has 5 fully saturated rings. The molecule has 0 N–H and O–H groups in total. The first-order valence-electron chi connectivity index (χ1n) is 10.9. The first-order valence-corrected chi connectivity index (χ1v) is 10.9. The monoisotopic (exact) mass is 400 g/mol. The van der Waals surface area contributed by atoms with E-state index in [4.69, 9.17) is 0 Å². The van der Waals surface area contributed by atoms with Crippen LogP contribution in [0.3, 0.4) is 0 Å². The molecular formula is C21H32N6O2. The Labute approximate surface area is 172 Å². The quantitative estimate of drug-likeness (QED) is 0.745. The summed E-state index contributed by atoms with van der Waals surface area (Å²) in [4.78, 5) is 36.0. The van der Waals surface area contributed by atoms with Crippen molar-refractivity contribution in [3.8, 4) is 0 Å². The van der Waals surface area contributed by atoms with Gasteiger partial charge < -0.3 is 9.80 Å². The summed E-state index contributed by atoms with van der Waals surface area (Å²) in [5.41, 5.74) is -0.215. The average Bonchev–Trinajstić information content (AvgIpc) is 3.30. The molecule has 5 aliphatic rings. The van der Waals surface area contributed by atoms with Gasteiger partial charge in [-0.05, 0) is 50.9 Å². The summed E-state index contributed by atoms with van der Waals surface area (Å²) >= 11 is 0. The molecule has 8 nitrogen and oxygen atoms in total. The van der Waals surface area contributed by atoms with E-state index in [1.54, 1.807) is 19.0 Å². The van der Waals surface area contributed by atoms with Crippen LogP contribution in [-0.4, -0.2) is 88.1 Å². The second-order valence-electron chi connectivity index (χ2n) is 10.1. The minimum atomic E-state index is -0.204. The highest BCUT2D eigenvalue weighted by Gasteiger charge is 2.68. The van der Waals surface area contributed by atoms with E-state index < -0.39 is 0 Å². The molecule has 0 aromatic carbocycles. The van der Waals surface area contributed by atoms with Gasteiger partial charge in [0, 0.05) is 40.3 Å². The fourth-order valence-electron chi connectivity index (χ4n) is 6.79. The second-order valence-corrected chi connectivity index (χ2v) is 10.1. The Morgan fingerprint density at radius 1 is 1.17 bits per heavy atom. The van der Waals surface area contributed by atoms with Crippen LogP contribution < -0.4 is 0 Å². The zero-order chi connectivity index (χ0) is 20.4. The van der Waals surface area contributed by atoms with Crippen LogP contribution in [0.1, 0.15) is 37.9 Å². The first-order chi connectivity index (χ1) is 13.8. The van der Waals surface area contributed by atoms with Gasteiger partial charge in [0.1, 0.15) is 12.2 Å². The molecule has 4 saturated carbocycles. The van der Waals surface area contributed by atoms with Crippen LogP contribution in [0.4, 0.5) is 0 Å². The summed E-state index contributed by atoms with van der Waals surface area (Å²) in [6.07, 6.45) is 7.24. The van der Waals surface area contributed by atoms with Crippen molar-refractivity contribution in [2.75, 3.05) is 46.8 Å². The average molecular weight is 401 g/mol. The third-order valence-corrected chi connectivity index (χ3v) is 8.03. The number of aromatic nitrogens is 3. The Morgan fingerprint density at radius 2 is 1.93 bits per heavy atom. The van der Waals surface area contributed by atoms with Crippen LogP contribution in [-0.2, 0) is 15.1 Å². The van der Waals surface area contributed by atoms with E-state index in [2.05, 4.69) is 24.6 Å². The van der Waals surface area contributed by atoms with Gasteiger partial charge in [-0.1, -0.05) is 0 Å². The summed E-state index contributed by atoms with van der Waals surface area (Å²) in [5.74, 6) is 2.41. The molecule has 1 aromatic heterocycles. The van der Waals surface area contributed by atoms with Crippen molar-refractivity contribution in [2.45, 2.75) is 44.6 Å². The number of nitrogens with zero attached hydrogens (tertiary/aromatic N) is 6. The topological polar surface area (TPSA) is 74.6 Å². The molecule has 6 rings (SSSR count). The molecule has 4 atom stereocenters. The minimum Gasteiger partial charge on any atom is -0.348 e. The van der Waals surface area contributed by atoms with Gasteiger partial charge in [0.15, 0.2) is 0 Å². The summed E-state index contributed by atoms with van der Waals surface area (Å²) < 4.78 is 2.08. The molecule has 158 valence electrons. The number of likely N-dealkylation sites (N-methyl/N-ethyl adjacent to an activating group) is 1. The highest BCUT2D eigenvalue weighted by molar-refractivity contribution is 5.85. The Balaban J connectivity index is 1.29. The lowest BCUT2D eigenvalue weighted by Crippen LogP contribution is -2.55. The van der Waals surface area contributed by atoms with Crippen LogP contribution in [0.25, 0.3) is 0 Å². The molecule has 4 unspecified atom stereocenters. The minimum absolute atomic E-state index is 0.0112. The van der Waals surface area contributed by atoms with Crippen molar-refractivity contribution < 1.29 is 9.59 Å². The number of amides is 2. The van der Waals surface area contributed by atoms with Gasteiger partial charge >= 0.3 is 0 Å². The van der Waals surface area contributed by atoms with Crippen molar-refractivity contribution in [3.63, 3.8) is 0 Å². The number of carbonyl (C=O) groups excluding carboxylic acids is 2. The Morgan fingerprint density at radius 3 is 2.59 bits per heavy atom. The fraction of sp³-hybridized carbons (Fsp3) is 0.810. The SMILES string of the molecule is Cc1ncn(C23CC4CC(C2)C(C(=O)N2CCN(CC(=O)N(C)C)CC2)(C4)C3)n1. The van der Waals surface area contributed by atoms with Crippen LogP contribution in [0, 0.1) is 24.2 Å². The van der Waals surface area contributed by atoms with Crippen LogP contribution in [0.2, 0.25) is 0 Å². The van der Waals surface area contributed by atoms with Gasteiger partial charge in [-0.3, -0.25) is 14.5 Å². The molecule has 1 aliphatic heterocycles. The Kier molecular flexibility index (Phi) is 4.28. The molecule has 4 bridgehead atoms. The molecule has 2 heterocycles. The van der Waals surface area contributed by atoms with Gasteiger partial charge in [-0.2, -0.15) is 5.10 Å². The molecule has 4 aliphatic carbocycles. The Bertz CT molecular complexity index is 829. The first kappa shape index (κ1) is 19.0. The smallest absolute Gasteiger partial charge is 0.236 e. The predicted octanol–water partition coefficient (Wildman–Crippen LogP) is 0.724. The molecule has 29 heavy (non-hydrogen) atoms. The van der Waals surface area contributed by atoms with E-state index >= 15 is 0 Å². The molecule has 8 heteroatoms. The molecule has 1 aromatic rings. The van der Waals surface area contributed by atoms with Gasteiger partial charge in [-0.25, -0.2) is 9.67 Å². The number of hydrogen-bond acceptors (Lipinski definition) is 5. The maximum absolute atomic E-state index is 13.8. The maximum atomic E-state index is 13.8. The largest absolute Gasteiger partial charge is 0.348 e. The molecular weight excluding hydrogens is 368 g/mol. The predicted molar refractivity (Wildman–Crippen MR) is 107 cm³/mol. The van der Waals surface area contributed by atoms with Gasteiger partial charge in [0.2, 0.25) is 11.8 Å². The van der Waals surface area contributed by atoms with E-state index in [1.165, 1.54) is 6.42 Å². The van der Waals surface area contributed by atoms with Crippen molar-refractivity contribution in [2.24, 2.45) is 17.3 Å². The lowest BCUT2D eigenvalue weighted by Gasteiger charge is -2.43. The standard InChI is InChI=1S/C21H32N6O2/c1-15-22-14-27(23-15)20-9-16-8-17(11-20)21(10-16,13-20)19(29)26-6-4-25(5-7-26)12-18(28)24(2)3/h14,16-17H,4-13H2,1-3H3. The summed E-state index contributed by atoms with van der Waals surface area (Å²) in [6, 6.07) is 0. The van der Waals surface area contributed by atoms with E-state index in [-0.39, 0.29) is 16.9 Å². The van der Waals surface area contributed by atoms with Crippen LogP contribution >= 0.6 is 0 Å². The molecule has 0 spiro atoms. The summed E-state index contributed by atoms with van der Waals surface area (Å²) in [6.45, 7) is 5.40. The zero-order valence-corrected chi connectivity index (χ0v) is 17.8. The van der Waals surface area contributed by atoms with E-state index in [0.717, 1.165) is 57.7 Å². The number of aryl methyl sites for hydroxylation is 1. The zero-order valence-electron chi connectivity index (χ0n) is 17.8. The van der Waals surface area contributed by atoms with Crippen molar-refractivity contribution in [1.29, 1.82) is 0 Å². The highest BCUT2D eigenvalue weighted by atomic mass is 16.2. The number of piperazine rings is 1. The van der Waals surface area contributed by atoms with Crippen LogP contribution in [0.15, 0.2) is 6.33 Å². The van der Waals surface area contributed by atoms with Gasteiger partial charge in [0.25, 0.3) is 0 Å². The fourth-order valence-corrected chi connectivity index (χ4v) is 6.79. The Hall–Kier alpha value is -1.96. The third kappa shape index (κ3) is 2.90. The lowest BCUT2D eigenvalue weighted by molar-refractivity contribution is -0.146. The highest BCUT2D eigenvalue weighted by Crippen LogP contribution is 2.69. The van der Waals surface area contributed by atoms with Crippen molar-refractivity contribution in [3.05, 3.63) is 12.2 Å². The summed E-state index contributed by atoms with van der Waals surface area (Å²) in [5, 5.41) is 4.65. The molecule has 2 amide bonds. The lowest BCUT2D eigenvalue weighted by atomic mass is 9.71. The summed E-state index contributed by atoms with van der Waals surface area (Å²) in [7, 11) is 3.58. The molecule has 1 saturated heterocycles. The van der Waals surface area contributed by atoms with E-state index in [9.17, 15) is 9.59 Å². The maximum Gasteiger partial charge on any atom is 0.236 e. The normalized spacial score (nSPS) is 36.0. The number of hydrogen-bond donors (Lipinski definition) is 0. The van der Waals surface area contributed by atoms with E-state index in [0.29, 0.717) is 24.3 Å². The van der Waals surface area contributed by atoms with Crippen molar-refractivity contribution >= 4 is 11.8 Å². The second kappa shape index (κ2) is 6.52. The molecule has 0 radical (unpaired) electrons. The van der Waals surface area contributed by atoms with Crippen LogP contribution in [0.5, 0.6) is 0 Å².